The lowest BCUT2D eigenvalue weighted by molar-refractivity contribution is -0.0239. The Labute approximate surface area is 129 Å². The van der Waals surface area contributed by atoms with Gasteiger partial charge in [0.25, 0.3) is 5.56 Å². The second-order valence-corrected chi connectivity index (χ2v) is 5.43. The fourth-order valence-electron chi connectivity index (χ4n) is 2.62. The molecule has 2 aromatic rings. The molecule has 23 heavy (non-hydrogen) atoms. The molecule has 3 rings (SSSR count). The molecule has 0 aromatic carbocycles. The highest BCUT2D eigenvalue weighted by atomic mass is 16.6. The van der Waals surface area contributed by atoms with Crippen molar-refractivity contribution in [2.45, 2.75) is 24.4 Å². The zero-order chi connectivity index (χ0) is 16.9. The highest BCUT2D eigenvalue weighted by Crippen LogP contribution is 2.32. The van der Waals surface area contributed by atoms with Crippen molar-refractivity contribution in [1.82, 2.24) is 19.1 Å². The maximum absolute atomic E-state index is 12.0. The van der Waals surface area contributed by atoms with E-state index in [-0.39, 0.29) is 16.9 Å². The lowest BCUT2D eigenvalue weighted by atomic mass is 10.1. The maximum Gasteiger partial charge on any atom is 0.332 e. The molecule has 1 aliphatic heterocycles. The number of aliphatic hydroxyl groups excluding tert-OH is 3. The quantitative estimate of drug-likeness (QED) is 0.537. The van der Waals surface area contributed by atoms with E-state index >= 15 is 0 Å². The van der Waals surface area contributed by atoms with Crippen LogP contribution in [0.2, 0.25) is 0 Å². The first kappa shape index (κ1) is 15.7. The van der Waals surface area contributed by atoms with E-state index in [4.69, 9.17) is 9.84 Å². The summed E-state index contributed by atoms with van der Waals surface area (Å²) in [5.74, 6) is 0. The Balaban J connectivity index is 2.15. The van der Waals surface area contributed by atoms with Crippen LogP contribution in [0.1, 0.15) is 11.8 Å². The number of rotatable bonds is 2. The molecular formula is C13H16N4O6. The number of hydrogen-bond acceptors (Lipinski definition) is 8. The molecule has 0 spiro atoms. The van der Waals surface area contributed by atoms with Crippen LogP contribution in [0.3, 0.4) is 0 Å². The fraction of sp³-hybridized carbons (Fsp3) is 0.538. The van der Waals surface area contributed by atoms with E-state index < -0.39 is 42.3 Å². The Bertz CT molecular complexity index is 875. The van der Waals surface area contributed by atoms with E-state index in [2.05, 4.69) is 9.97 Å². The third-order valence-electron chi connectivity index (χ3n) is 4.01. The lowest BCUT2D eigenvalue weighted by Gasteiger charge is -2.14. The van der Waals surface area contributed by atoms with E-state index in [1.54, 1.807) is 0 Å². The monoisotopic (exact) mass is 324 g/mol. The smallest absolute Gasteiger partial charge is 0.332 e. The minimum absolute atomic E-state index is 0.00472. The minimum Gasteiger partial charge on any atom is -0.394 e. The summed E-state index contributed by atoms with van der Waals surface area (Å²) in [5.41, 5.74) is -0.930. The first-order valence-corrected chi connectivity index (χ1v) is 6.92. The van der Waals surface area contributed by atoms with Gasteiger partial charge in [-0.2, -0.15) is 0 Å². The van der Waals surface area contributed by atoms with Crippen molar-refractivity contribution in [3.8, 4) is 0 Å². The molecular weight excluding hydrogens is 308 g/mol. The van der Waals surface area contributed by atoms with Crippen LogP contribution >= 0.6 is 0 Å². The minimum atomic E-state index is -1.30. The number of hydrogen-bond donors (Lipinski definition) is 3. The van der Waals surface area contributed by atoms with E-state index in [9.17, 15) is 19.8 Å². The molecule has 4 atom stereocenters. The Morgan fingerprint density at radius 3 is 2.52 bits per heavy atom. The third-order valence-corrected chi connectivity index (χ3v) is 4.01. The predicted molar refractivity (Wildman–Crippen MR) is 76.7 cm³/mol. The van der Waals surface area contributed by atoms with Crippen molar-refractivity contribution in [3.63, 3.8) is 0 Å². The normalized spacial score (nSPS) is 27.7. The van der Waals surface area contributed by atoms with E-state index in [1.807, 2.05) is 0 Å². The van der Waals surface area contributed by atoms with Gasteiger partial charge in [-0.15, -0.1) is 0 Å². The van der Waals surface area contributed by atoms with Gasteiger partial charge in [0.05, 0.1) is 18.5 Å². The van der Waals surface area contributed by atoms with E-state index in [0.717, 1.165) is 9.13 Å². The molecule has 2 aromatic heterocycles. The van der Waals surface area contributed by atoms with Crippen molar-refractivity contribution >= 4 is 11.2 Å². The Kier molecular flexibility index (Phi) is 3.76. The summed E-state index contributed by atoms with van der Waals surface area (Å²) in [6.07, 6.45) is -3.29. The van der Waals surface area contributed by atoms with Crippen LogP contribution in [0.4, 0.5) is 0 Å². The molecule has 10 nitrogen and oxygen atoms in total. The summed E-state index contributed by atoms with van der Waals surface area (Å²) in [5, 5.41) is 28.9. The number of fused-ring (bicyclic) bond motifs is 1. The van der Waals surface area contributed by atoms with Crippen molar-refractivity contribution in [2.24, 2.45) is 14.1 Å². The van der Waals surface area contributed by atoms with Crippen molar-refractivity contribution in [3.05, 3.63) is 32.7 Å². The predicted octanol–water partition coefficient (Wildman–Crippen LogP) is -2.82. The van der Waals surface area contributed by atoms with Crippen LogP contribution in [0.25, 0.3) is 11.2 Å². The van der Waals surface area contributed by atoms with Crippen molar-refractivity contribution in [2.75, 3.05) is 6.61 Å². The van der Waals surface area contributed by atoms with E-state index in [1.165, 1.54) is 20.3 Å². The molecule has 3 N–H and O–H groups in total. The summed E-state index contributed by atoms with van der Waals surface area (Å²) in [6, 6.07) is 0. The molecule has 0 amide bonds. The largest absolute Gasteiger partial charge is 0.394 e. The van der Waals surface area contributed by atoms with Crippen molar-refractivity contribution in [1.29, 1.82) is 0 Å². The third kappa shape index (κ3) is 2.27. The highest BCUT2D eigenvalue weighted by molar-refractivity contribution is 5.68. The van der Waals surface area contributed by atoms with Gasteiger partial charge in [0, 0.05) is 14.1 Å². The van der Waals surface area contributed by atoms with Crippen LogP contribution < -0.4 is 11.2 Å². The summed E-state index contributed by atoms with van der Waals surface area (Å²) < 4.78 is 7.45. The van der Waals surface area contributed by atoms with Gasteiger partial charge in [-0.1, -0.05) is 0 Å². The molecule has 1 saturated heterocycles. The van der Waals surface area contributed by atoms with Gasteiger partial charge in [0.15, 0.2) is 11.2 Å². The average molecular weight is 324 g/mol. The SMILES string of the molecule is Cn1c(=O)c2ncc([C@@H]3O[C@H](CO)[C@@H](O)[C@H]3O)nc2n(C)c1=O. The number of ether oxygens (including phenoxy) is 1. The fourth-order valence-corrected chi connectivity index (χ4v) is 2.62. The molecule has 0 radical (unpaired) electrons. The Morgan fingerprint density at radius 1 is 1.22 bits per heavy atom. The first-order valence-electron chi connectivity index (χ1n) is 6.92. The molecule has 0 aliphatic carbocycles. The van der Waals surface area contributed by atoms with Gasteiger partial charge in [-0.05, 0) is 0 Å². The van der Waals surface area contributed by atoms with Gasteiger partial charge in [-0.3, -0.25) is 13.9 Å². The topological polar surface area (TPSA) is 140 Å². The lowest BCUT2D eigenvalue weighted by Crippen LogP contribution is -2.38. The summed E-state index contributed by atoms with van der Waals surface area (Å²) in [6.45, 7) is -0.464. The zero-order valence-corrected chi connectivity index (χ0v) is 12.4. The summed E-state index contributed by atoms with van der Waals surface area (Å²) in [7, 11) is 2.78. The van der Waals surface area contributed by atoms with Crippen LogP contribution in [0, 0.1) is 0 Å². The Hall–Kier alpha value is -2.14. The summed E-state index contributed by atoms with van der Waals surface area (Å²) >= 11 is 0. The van der Waals surface area contributed by atoms with Crippen LogP contribution in [0.15, 0.2) is 15.8 Å². The standard InChI is InChI=1S/C13H16N4O6/c1-16-11-7(12(21)17(2)13(16)22)14-3-5(15-11)10-9(20)8(19)6(4-18)23-10/h3,6,8-10,18-20H,4H2,1-2H3/t6-,8-,9-,10+/m1/s1. The van der Waals surface area contributed by atoms with Crippen molar-refractivity contribution < 1.29 is 20.1 Å². The highest BCUT2D eigenvalue weighted by Gasteiger charge is 2.44. The van der Waals surface area contributed by atoms with Gasteiger partial charge in [0.2, 0.25) is 0 Å². The molecule has 0 saturated carbocycles. The molecule has 10 heteroatoms. The molecule has 1 fully saturated rings. The van der Waals surface area contributed by atoms with Gasteiger partial charge in [-0.25, -0.2) is 14.8 Å². The number of aliphatic hydroxyl groups is 3. The zero-order valence-electron chi connectivity index (χ0n) is 12.4. The van der Waals surface area contributed by atoms with E-state index in [0.29, 0.717) is 0 Å². The average Bonchev–Trinajstić information content (AvgIpc) is 2.85. The van der Waals surface area contributed by atoms with Gasteiger partial charge in [0.1, 0.15) is 24.4 Å². The molecule has 0 unspecified atom stereocenters. The molecule has 3 heterocycles. The Morgan fingerprint density at radius 2 is 1.91 bits per heavy atom. The number of aryl methyl sites for hydroxylation is 1. The van der Waals surface area contributed by atoms with Crippen LogP contribution in [-0.4, -0.2) is 59.3 Å². The van der Waals surface area contributed by atoms with Crippen LogP contribution in [0.5, 0.6) is 0 Å². The maximum atomic E-state index is 12.0. The number of aromatic nitrogens is 4. The molecule has 1 aliphatic rings. The van der Waals surface area contributed by atoms with Gasteiger partial charge >= 0.3 is 5.69 Å². The second kappa shape index (κ2) is 5.49. The van der Waals surface area contributed by atoms with Gasteiger partial charge < -0.3 is 20.1 Å². The first-order chi connectivity index (χ1) is 10.9. The summed E-state index contributed by atoms with van der Waals surface area (Å²) in [4.78, 5) is 32.2. The van der Waals surface area contributed by atoms with Crippen LogP contribution in [-0.2, 0) is 18.8 Å². The number of nitrogens with zero attached hydrogens (tertiary/aromatic N) is 4. The molecule has 0 bridgehead atoms. The second-order valence-electron chi connectivity index (χ2n) is 5.43. The molecule has 124 valence electrons.